The lowest BCUT2D eigenvalue weighted by atomic mass is 9.99. The van der Waals surface area contributed by atoms with Crippen LogP contribution in [0.2, 0.25) is 0 Å². The first-order chi connectivity index (χ1) is 13.6. The Kier molecular flexibility index (Phi) is 5.22. The van der Waals surface area contributed by atoms with Crippen LogP contribution in [0.5, 0.6) is 0 Å². The quantitative estimate of drug-likeness (QED) is 0.636. The van der Waals surface area contributed by atoms with E-state index < -0.39 is 0 Å². The second-order valence-corrected chi connectivity index (χ2v) is 7.50. The van der Waals surface area contributed by atoms with Crippen LogP contribution < -0.4 is 4.90 Å². The second-order valence-electron chi connectivity index (χ2n) is 7.50. The third kappa shape index (κ3) is 3.69. The summed E-state index contributed by atoms with van der Waals surface area (Å²) < 4.78 is 0. The lowest BCUT2D eigenvalue weighted by Crippen LogP contribution is -2.24. The van der Waals surface area contributed by atoms with Crippen LogP contribution in [0.15, 0.2) is 71.9 Å². The predicted octanol–water partition coefficient (Wildman–Crippen LogP) is 4.96. The van der Waals surface area contributed by atoms with E-state index in [0.29, 0.717) is 0 Å². The molecule has 2 aromatic carbocycles. The Balaban J connectivity index is 1.85. The van der Waals surface area contributed by atoms with Crippen LogP contribution >= 0.6 is 0 Å². The van der Waals surface area contributed by atoms with Crippen molar-refractivity contribution in [3.63, 3.8) is 0 Å². The van der Waals surface area contributed by atoms with Crippen molar-refractivity contribution in [2.45, 2.75) is 13.3 Å². The normalized spacial score (nSPS) is 13.0. The summed E-state index contributed by atoms with van der Waals surface area (Å²) in [5.41, 5.74) is 6.60. The zero-order valence-corrected chi connectivity index (χ0v) is 16.8. The number of nitrogens with zero attached hydrogens (tertiary/aromatic N) is 4. The Labute approximate surface area is 167 Å². The van der Waals surface area contributed by atoms with E-state index in [9.17, 15) is 0 Å². The Morgan fingerprint density at radius 1 is 0.929 bits per heavy atom. The van der Waals surface area contributed by atoms with Gasteiger partial charge in [-0.1, -0.05) is 48.0 Å². The molecule has 0 saturated heterocycles. The Morgan fingerprint density at radius 3 is 2.50 bits per heavy atom. The summed E-state index contributed by atoms with van der Waals surface area (Å²) >= 11 is 0. The molecule has 3 aromatic rings. The maximum atomic E-state index is 5.08. The molecule has 0 amide bonds. The summed E-state index contributed by atoms with van der Waals surface area (Å²) in [6.45, 7) is 4.04. The molecule has 1 aromatic heterocycles. The minimum Gasteiger partial charge on any atom is -0.324 e. The molecular weight excluding hydrogens is 344 g/mol. The van der Waals surface area contributed by atoms with Crippen LogP contribution in [0.25, 0.3) is 0 Å². The molecule has 0 radical (unpaired) electrons. The molecule has 0 spiro atoms. The molecule has 4 rings (SSSR count). The van der Waals surface area contributed by atoms with Crippen LogP contribution in [0.4, 0.5) is 17.2 Å². The fourth-order valence-electron chi connectivity index (χ4n) is 3.59. The maximum Gasteiger partial charge on any atom is 0.159 e. The number of para-hydroxylation sites is 1. The van der Waals surface area contributed by atoms with Crippen molar-refractivity contribution in [2.24, 2.45) is 4.99 Å². The minimum absolute atomic E-state index is 0.899. The van der Waals surface area contributed by atoms with Gasteiger partial charge >= 0.3 is 0 Å². The zero-order chi connectivity index (χ0) is 19.5. The van der Waals surface area contributed by atoms with Crippen molar-refractivity contribution in [3.8, 4) is 0 Å². The van der Waals surface area contributed by atoms with Gasteiger partial charge in [-0.3, -0.25) is 0 Å². The van der Waals surface area contributed by atoms with Gasteiger partial charge in [0.05, 0.1) is 11.4 Å². The van der Waals surface area contributed by atoms with Crippen molar-refractivity contribution in [1.29, 1.82) is 0 Å². The van der Waals surface area contributed by atoms with Gasteiger partial charge in [0.1, 0.15) is 5.69 Å². The van der Waals surface area contributed by atoms with Gasteiger partial charge < -0.3 is 9.80 Å². The van der Waals surface area contributed by atoms with Gasteiger partial charge in [-0.2, -0.15) is 0 Å². The van der Waals surface area contributed by atoms with Crippen LogP contribution in [0.1, 0.15) is 23.1 Å². The molecule has 0 unspecified atom stereocenters. The highest BCUT2D eigenvalue weighted by Crippen LogP contribution is 2.39. The van der Waals surface area contributed by atoms with E-state index in [1.807, 2.05) is 12.3 Å². The molecule has 0 atom stereocenters. The molecule has 142 valence electrons. The van der Waals surface area contributed by atoms with Crippen molar-refractivity contribution in [2.75, 3.05) is 32.1 Å². The molecule has 4 heteroatoms. The van der Waals surface area contributed by atoms with Crippen LogP contribution in [-0.4, -0.2) is 42.8 Å². The molecule has 2 heterocycles. The minimum atomic E-state index is 0.899. The zero-order valence-electron chi connectivity index (χ0n) is 16.8. The molecule has 0 aliphatic carbocycles. The number of benzene rings is 2. The number of fused-ring (bicyclic) bond motifs is 2. The highest BCUT2D eigenvalue weighted by Gasteiger charge is 2.24. The summed E-state index contributed by atoms with van der Waals surface area (Å²) in [6, 6.07) is 21.1. The smallest absolute Gasteiger partial charge is 0.159 e. The number of aromatic nitrogens is 1. The monoisotopic (exact) mass is 370 g/mol. The Bertz CT molecular complexity index is 989. The van der Waals surface area contributed by atoms with Gasteiger partial charge in [0.25, 0.3) is 0 Å². The number of aryl methyl sites for hydroxylation is 1. The highest BCUT2D eigenvalue weighted by atomic mass is 15.2. The summed E-state index contributed by atoms with van der Waals surface area (Å²) in [4.78, 5) is 14.3. The number of aliphatic imine (C=N–C) groups is 1. The van der Waals surface area contributed by atoms with E-state index in [4.69, 9.17) is 9.98 Å². The Hall–Kier alpha value is -2.98. The van der Waals surface area contributed by atoms with Crippen molar-refractivity contribution >= 4 is 22.9 Å². The number of rotatable bonds is 5. The summed E-state index contributed by atoms with van der Waals surface area (Å²) in [7, 11) is 4.22. The largest absolute Gasteiger partial charge is 0.324 e. The van der Waals surface area contributed by atoms with Gasteiger partial charge in [-0.15, -0.1) is 0 Å². The maximum absolute atomic E-state index is 5.08. The topological polar surface area (TPSA) is 31.7 Å². The van der Waals surface area contributed by atoms with E-state index in [0.717, 1.165) is 53.5 Å². The predicted molar refractivity (Wildman–Crippen MR) is 117 cm³/mol. The average molecular weight is 371 g/mol. The van der Waals surface area contributed by atoms with Gasteiger partial charge in [-0.25, -0.2) is 9.98 Å². The number of anilines is 2. The van der Waals surface area contributed by atoms with E-state index in [1.54, 1.807) is 0 Å². The number of hydrogen-bond acceptors (Lipinski definition) is 4. The molecule has 1 aliphatic rings. The number of hydrogen-bond donors (Lipinski definition) is 0. The third-order valence-corrected chi connectivity index (χ3v) is 5.02. The van der Waals surface area contributed by atoms with Crippen molar-refractivity contribution < 1.29 is 0 Å². The van der Waals surface area contributed by atoms with Gasteiger partial charge in [-0.05, 0) is 52.2 Å². The lowest BCUT2D eigenvalue weighted by molar-refractivity contribution is 0.402. The second kappa shape index (κ2) is 7.95. The molecule has 0 N–H and O–H groups in total. The van der Waals surface area contributed by atoms with Gasteiger partial charge in [0.15, 0.2) is 5.82 Å². The van der Waals surface area contributed by atoms with Crippen LogP contribution in [0.3, 0.4) is 0 Å². The molecule has 0 fully saturated rings. The first kappa shape index (κ1) is 18.4. The molecule has 28 heavy (non-hydrogen) atoms. The Morgan fingerprint density at radius 2 is 1.71 bits per heavy atom. The van der Waals surface area contributed by atoms with Gasteiger partial charge in [0.2, 0.25) is 0 Å². The summed E-state index contributed by atoms with van der Waals surface area (Å²) in [5.74, 6) is 0.927. The molecule has 0 bridgehead atoms. The van der Waals surface area contributed by atoms with E-state index in [-0.39, 0.29) is 0 Å². The fraction of sp³-hybridized carbons (Fsp3) is 0.250. The first-order valence-electron chi connectivity index (χ1n) is 9.76. The molecule has 1 aliphatic heterocycles. The lowest BCUT2D eigenvalue weighted by Gasteiger charge is -2.26. The number of pyridine rings is 1. The molecule has 0 saturated carbocycles. The van der Waals surface area contributed by atoms with Crippen molar-refractivity contribution in [3.05, 3.63) is 83.6 Å². The SMILES string of the molecule is Cc1ccc(C2=Nc3cccnc3N(CCCN(C)C)c3ccccc32)cc1. The van der Waals surface area contributed by atoms with Gasteiger partial charge in [0, 0.05) is 23.9 Å². The summed E-state index contributed by atoms with van der Waals surface area (Å²) in [5, 5.41) is 0. The van der Waals surface area contributed by atoms with Crippen molar-refractivity contribution in [1.82, 2.24) is 9.88 Å². The average Bonchev–Trinajstić information content (AvgIpc) is 2.84. The standard InChI is InChI=1S/C24H26N4/c1-18-11-13-19(14-12-18)23-20-8-4-5-10-22(20)28(17-7-16-27(2)3)24-21(26-23)9-6-15-25-24/h4-6,8-15H,7,16-17H2,1-3H3. The highest BCUT2D eigenvalue weighted by molar-refractivity contribution is 6.18. The van der Waals surface area contributed by atoms with E-state index >= 15 is 0 Å². The summed E-state index contributed by atoms with van der Waals surface area (Å²) in [6.07, 6.45) is 2.91. The first-order valence-corrected chi connectivity index (χ1v) is 9.76. The third-order valence-electron chi connectivity index (χ3n) is 5.02. The fourth-order valence-corrected chi connectivity index (χ4v) is 3.59. The van der Waals surface area contributed by atoms with E-state index in [2.05, 4.69) is 85.4 Å². The van der Waals surface area contributed by atoms with E-state index in [1.165, 1.54) is 5.56 Å². The molecule has 4 nitrogen and oxygen atoms in total. The molecular formula is C24H26N4. The van der Waals surface area contributed by atoms with Crippen LogP contribution in [-0.2, 0) is 0 Å². The van der Waals surface area contributed by atoms with Crippen LogP contribution in [0, 0.1) is 6.92 Å².